The third-order valence-corrected chi connectivity index (χ3v) is 4.13. The van der Waals surface area contributed by atoms with E-state index in [1.807, 2.05) is 0 Å². The Balaban J connectivity index is 2.31. The lowest BCUT2D eigenvalue weighted by Gasteiger charge is -2.25. The number of alkyl halides is 1. The summed E-state index contributed by atoms with van der Waals surface area (Å²) < 4.78 is 0. The summed E-state index contributed by atoms with van der Waals surface area (Å²) in [5.74, 6) is 0.303. The number of amides is 1. The van der Waals surface area contributed by atoms with Crippen LogP contribution in [-0.4, -0.2) is 17.8 Å². The summed E-state index contributed by atoms with van der Waals surface area (Å²) >= 11 is 3.39. The Morgan fingerprint density at radius 2 is 2.00 bits per heavy atom. The molecule has 1 rings (SSSR count). The summed E-state index contributed by atoms with van der Waals surface area (Å²) in [6.07, 6.45) is 7.85. The number of rotatable bonds is 6. The molecule has 15 heavy (non-hydrogen) atoms. The molecule has 1 saturated carbocycles. The SMILES string of the molecule is CCC1(C(=O)NCCCCBr)CCCC1. The number of halogens is 1. The summed E-state index contributed by atoms with van der Waals surface area (Å²) in [6.45, 7) is 2.98. The lowest BCUT2D eigenvalue weighted by molar-refractivity contribution is -0.131. The van der Waals surface area contributed by atoms with E-state index in [2.05, 4.69) is 28.2 Å². The van der Waals surface area contributed by atoms with E-state index in [1.54, 1.807) is 0 Å². The van der Waals surface area contributed by atoms with Gasteiger partial charge in [-0.15, -0.1) is 0 Å². The highest BCUT2D eigenvalue weighted by Crippen LogP contribution is 2.40. The Morgan fingerprint density at radius 1 is 1.33 bits per heavy atom. The minimum atomic E-state index is -0.0194. The van der Waals surface area contributed by atoms with Gasteiger partial charge in [-0.2, -0.15) is 0 Å². The lowest BCUT2D eigenvalue weighted by atomic mass is 9.82. The molecular weight excluding hydrogens is 254 g/mol. The van der Waals surface area contributed by atoms with Gasteiger partial charge < -0.3 is 5.32 Å². The average Bonchev–Trinajstić information content (AvgIpc) is 2.74. The van der Waals surface area contributed by atoms with Gasteiger partial charge >= 0.3 is 0 Å². The van der Waals surface area contributed by atoms with Gasteiger partial charge in [-0.1, -0.05) is 35.7 Å². The maximum Gasteiger partial charge on any atom is 0.226 e. The van der Waals surface area contributed by atoms with Crippen molar-refractivity contribution in [1.29, 1.82) is 0 Å². The van der Waals surface area contributed by atoms with E-state index in [-0.39, 0.29) is 5.41 Å². The van der Waals surface area contributed by atoms with Crippen molar-refractivity contribution in [3.8, 4) is 0 Å². The molecule has 0 atom stereocenters. The first-order chi connectivity index (χ1) is 7.25. The minimum absolute atomic E-state index is 0.0194. The van der Waals surface area contributed by atoms with Crippen molar-refractivity contribution in [1.82, 2.24) is 5.32 Å². The number of carbonyl (C=O) groups excluding carboxylic acids is 1. The predicted octanol–water partition coefficient (Wildman–Crippen LogP) is 3.25. The van der Waals surface area contributed by atoms with Gasteiger partial charge in [0.2, 0.25) is 5.91 Å². The molecule has 3 heteroatoms. The predicted molar refractivity (Wildman–Crippen MR) is 67.2 cm³/mol. The fourth-order valence-corrected chi connectivity index (χ4v) is 2.80. The summed E-state index contributed by atoms with van der Waals surface area (Å²) in [5.41, 5.74) is -0.0194. The summed E-state index contributed by atoms with van der Waals surface area (Å²) in [5, 5.41) is 4.12. The molecule has 0 heterocycles. The second-order valence-electron chi connectivity index (χ2n) is 4.49. The van der Waals surface area contributed by atoms with Crippen LogP contribution in [0.15, 0.2) is 0 Å². The van der Waals surface area contributed by atoms with Crippen LogP contribution in [0, 0.1) is 5.41 Å². The Kier molecular flexibility index (Phi) is 5.65. The molecule has 1 fully saturated rings. The third-order valence-electron chi connectivity index (χ3n) is 3.57. The van der Waals surface area contributed by atoms with Crippen molar-refractivity contribution in [2.24, 2.45) is 5.41 Å². The molecule has 1 aliphatic rings. The molecule has 0 aromatic rings. The molecule has 0 aromatic carbocycles. The van der Waals surface area contributed by atoms with Crippen LogP contribution >= 0.6 is 15.9 Å². The van der Waals surface area contributed by atoms with Crippen molar-refractivity contribution in [3.05, 3.63) is 0 Å². The molecular formula is C12H22BrNO. The first kappa shape index (κ1) is 13.0. The van der Waals surface area contributed by atoms with E-state index < -0.39 is 0 Å². The quantitative estimate of drug-likeness (QED) is 0.585. The topological polar surface area (TPSA) is 29.1 Å². The van der Waals surface area contributed by atoms with Gasteiger partial charge in [0.25, 0.3) is 0 Å². The molecule has 2 nitrogen and oxygen atoms in total. The van der Waals surface area contributed by atoms with Gasteiger partial charge in [0, 0.05) is 17.3 Å². The van der Waals surface area contributed by atoms with Crippen molar-refractivity contribution >= 4 is 21.8 Å². The second-order valence-corrected chi connectivity index (χ2v) is 5.29. The fourth-order valence-electron chi connectivity index (χ4n) is 2.40. The van der Waals surface area contributed by atoms with E-state index in [0.717, 1.165) is 44.0 Å². The standard InChI is InChI=1S/C12H22BrNO/c1-2-12(7-3-4-8-12)11(15)14-10-6-5-9-13/h2-10H2,1H3,(H,14,15). The second kappa shape index (κ2) is 6.51. The monoisotopic (exact) mass is 275 g/mol. The Labute approximate surface area is 101 Å². The van der Waals surface area contributed by atoms with Crippen molar-refractivity contribution in [2.75, 3.05) is 11.9 Å². The Morgan fingerprint density at radius 3 is 2.53 bits per heavy atom. The Hall–Kier alpha value is -0.0500. The molecule has 0 aromatic heterocycles. The van der Waals surface area contributed by atoms with Crippen molar-refractivity contribution in [3.63, 3.8) is 0 Å². The highest BCUT2D eigenvalue weighted by molar-refractivity contribution is 9.09. The maximum atomic E-state index is 12.0. The smallest absolute Gasteiger partial charge is 0.226 e. The number of nitrogens with one attached hydrogen (secondary N) is 1. The van der Waals surface area contributed by atoms with Crippen LogP contribution in [0.25, 0.3) is 0 Å². The summed E-state index contributed by atoms with van der Waals surface area (Å²) in [7, 11) is 0. The first-order valence-electron chi connectivity index (χ1n) is 6.09. The average molecular weight is 276 g/mol. The molecule has 1 N–H and O–H groups in total. The van der Waals surface area contributed by atoms with Crippen LogP contribution in [0.1, 0.15) is 51.9 Å². The van der Waals surface area contributed by atoms with Gasteiger partial charge in [-0.3, -0.25) is 4.79 Å². The highest BCUT2D eigenvalue weighted by Gasteiger charge is 2.38. The van der Waals surface area contributed by atoms with Gasteiger partial charge in [0.1, 0.15) is 0 Å². The molecule has 0 saturated heterocycles. The molecule has 0 aliphatic heterocycles. The van der Waals surface area contributed by atoms with E-state index in [9.17, 15) is 4.79 Å². The number of carbonyl (C=O) groups is 1. The highest BCUT2D eigenvalue weighted by atomic mass is 79.9. The van der Waals surface area contributed by atoms with Gasteiger partial charge in [-0.05, 0) is 32.1 Å². The van der Waals surface area contributed by atoms with Crippen molar-refractivity contribution < 1.29 is 4.79 Å². The van der Waals surface area contributed by atoms with Gasteiger partial charge in [0.05, 0.1) is 0 Å². The van der Waals surface area contributed by atoms with Gasteiger partial charge in [0.15, 0.2) is 0 Å². The number of hydrogen-bond acceptors (Lipinski definition) is 1. The summed E-state index contributed by atoms with van der Waals surface area (Å²) in [4.78, 5) is 12.0. The number of hydrogen-bond donors (Lipinski definition) is 1. The third kappa shape index (κ3) is 3.47. The van der Waals surface area contributed by atoms with E-state index >= 15 is 0 Å². The molecule has 0 unspecified atom stereocenters. The molecule has 0 bridgehead atoms. The summed E-state index contributed by atoms with van der Waals surface area (Å²) in [6, 6.07) is 0. The molecule has 0 radical (unpaired) electrons. The largest absolute Gasteiger partial charge is 0.356 e. The van der Waals surface area contributed by atoms with Crippen LogP contribution in [-0.2, 0) is 4.79 Å². The van der Waals surface area contributed by atoms with E-state index in [0.29, 0.717) is 5.91 Å². The minimum Gasteiger partial charge on any atom is -0.356 e. The normalized spacial score (nSPS) is 19.1. The number of unbranched alkanes of at least 4 members (excludes halogenated alkanes) is 1. The van der Waals surface area contributed by atoms with Crippen LogP contribution in [0.4, 0.5) is 0 Å². The fraction of sp³-hybridized carbons (Fsp3) is 0.917. The van der Waals surface area contributed by atoms with Gasteiger partial charge in [-0.25, -0.2) is 0 Å². The van der Waals surface area contributed by atoms with Crippen LogP contribution in [0.3, 0.4) is 0 Å². The Bertz CT molecular complexity index is 200. The molecule has 1 amide bonds. The first-order valence-corrected chi connectivity index (χ1v) is 7.21. The van der Waals surface area contributed by atoms with E-state index in [1.165, 1.54) is 12.8 Å². The van der Waals surface area contributed by atoms with E-state index in [4.69, 9.17) is 0 Å². The molecule has 0 spiro atoms. The zero-order valence-corrected chi connectivity index (χ0v) is 11.2. The molecule has 1 aliphatic carbocycles. The maximum absolute atomic E-state index is 12.0. The van der Waals surface area contributed by atoms with Crippen LogP contribution in [0.2, 0.25) is 0 Å². The lowest BCUT2D eigenvalue weighted by Crippen LogP contribution is -2.39. The molecule has 88 valence electrons. The zero-order chi connectivity index (χ0) is 11.1. The van der Waals surface area contributed by atoms with Crippen LogP contribution < -0.4 is 5.32 Å². The van der Waals surface area contributed by atoms with Crippen LogP contribution in [0.5, 0.6) is 0 Å². The zero-order valence-electron chi connectivity index (χ0n) is 9.65. The van der Waals surface area contributed by atoms with Crippen molar-refractivity contribution in [2.45, 2.75) is 51.9 Å².